The molecule has 5 nitrogen and oxygen atoms in total. The second-order valence-corrected chi connectivity index (χ2v) is 5.74. The van der Waals surface area contributed by atoms with Gasteiger partial charge in [0.2, 0.25) is 5.91 Å². The molecule has 1 aromatic heterocycles. The van der Waals surface area contributed by atoms with E-state index in [2.05, 4.69) is 31.1 Å². The molecule has 0 radical (unpaired) electrons. The van der Waals surface area contributed by atoms with Crippen molar-refractivity contribution in [2.24, 2.45) is 11.3 Å². The standard InChI is InChI=1S/C15H25N3O2/c1-5-15(6-2)13(11(3)14(15)20-4)17-12(19)9-18-8-7-16-10-18/h7-8,10-11,13-14H,5-6,9H2,1-4H3,(H,17,19)/t11-,13+,14+/m0/s1. The number of carbonyl (C=O) groups is 1. The molecule has 1 aromatic rings. The molecule has 1 amide bonds. The lowest BCUT2D eigenvalue weighted by atomic mass is 9.53. The summed E-state index contributed by atoms with van der Waals surface area (Å²) in [6.45, 7) is 6.83. The highest BCUT2D eigenvalue weighted by molar-refractivity contribution is 5.76. The number of hydrogen-bond acceptors (Lipinski definition) is 3. The van der Waals surface area contributed by atoms with Crippen LogP contribution in [0.25, 0.3) is 0 Å². The van der Waals surface area contributed by atoms with E-state index in [-0.39, 0.29) is 23.5 Å². The van der Waals surface area contributed by atoms with Crippen molar-refractivity contribution < 1.29 is 9.53 Å². The summed E-state index contributed by atoms with van der Waals surface area (Å²) in [5, 5.41) is 3.19. The number of ether oxygens (including phenoxy) is 1. The molecule has 2 rings (SSSR count). The number of nitrogens with one attached hydrogen (secondary N) is 1. The largest absolute Gasteiger partial charge is 0.380 e. The van der Waals surface area contributed by atoms with Crippen molar-refractivity contribution in [2.75, 3.05) is 7.11 Å². The molecular weight excluding hydrogens is 254 g/mol. The van der Waals surface area contributed by atoms with Gasteiger partial charge in [0.1, 0.15) is 6.54 Å². The third kappa shape index (κ3) is 2.35. The van der Waals surface area contributed by atoms with Gasteiger partial charge in [-0.3, -0.25) is 4.79 Å². The summed E-state index contributed by atoms with van der Waals surface area (Å²) in [5.74, 6) is 0.396. The van der Waals surface area contributed by atoms with Crippen LogP contribution in [0.1, 0.15) is 33.6 Å². The second-order valence-electron chi connectivity index (χ2n) is 5.74. The summed E-state index contributed by atoms with van der Waals surface area (Å²) in [6, 6.07) is 0.193. The minimum Gasteiger partial charge on any atom is -0.380 e. The number of carbonyl (C=O) groups excluding carboxylic acids is 1. The number of methoxy groups -OCH3 is 1. The topological polar surface area (TPSA) is 56.2 Å². The van der Waals surface area contributed by atoms with Gasteiger partial charge in [-0.2, -0.15) is 0 Å². The highest BCUT2D eigenvalue weighted by Gasteiger charge is 2.58. The summed E-state index contributed by atoms with van der Waals surface area (Å²) >= 11 is 0. The minimum absolute atomic E-state index is 0.0423. The van der Waals surface area contributed by atoms with E-state index >= 15 is 0 Å². The summed E-state index contributed by atoms with van der Waals surface area (Å²) in [5.41, 5.74) is 0.0682. The fourth-order valence-corrected chi connectivity index (χ4v) is 3.86. The number of nitrogens with zero attached hydrogens (tertiary/aromatic N) is 2. The average molecular weight is 279 g/mol. The molecule has 20 heavy (non-hydrogen) atoms. The fourth-order valence-electron chi connectivity index (χ4n) is 3.86. The number of rotatable bonds is 6. The zero-order chi connectivity index (χ0) is 14.8. The van der Waals surface area contributed by atoms with Crippen LogP contribution in [-0.4, -0.2) is 34.7 Å². The van der Waals surface area contributed by atoms with E-state index in [1.165, 1.54) is 0 Å². The van der Waals surface area contributed by atoms with E-state index in [1.54, 1.807) is 30.4 Å². The predicted octanol–water partition coefficient (Wildman–Crippen LogP) is 1.84. The second kappa shape index (κ2) is 5.95. The SMILES string of the molecule is CCC1(CC)[C@H](NC(=O)Cn2ccnc2)[C@H](C)[C@H]1OC. The molecule has 0 bridgehead atoms. The van der Waals surface area contributed by atoms with Gasteiger partial charge in [-0.05, 0) is 12.8 Å². The zero-order valence-corrected chi connectivity index (χ0v) is 12.8. The first-order valence-corrected chi connectivity index (χ1v) is 7.37. The van der Waals surface area contributed by atoms with Gasteiger partial charge in [-0.25, -0.2) is 4.98 Å². The lowest BCUT2D eigenvalue weighted by Gasteiger charge is -2.59. The van der Waals surface area contributed by atoms with Crippen LogP contribution in [0.2, 0.25) is 0 Å². The summed E-state index contributed by atoms with van der Waals surface area (Å²) in [6.07, 6.45) is 7.41. The molecule has 1 heterocycles. The maximum atomic E-state index is 12.2. The Hall–Kier alpha value is -1.36. The van der Waals surface area contributed by atoms with Gasteiger partial charge < -0.3 is 14.6 Å². The van der Waals surface area contributed by atoms with Crippen molar-refractivity contribution in [3.63, 3.8) is 0 Å². The van der Waals surface area contributed by atoms with Crippen LogP contribution in [-0.2, 0) is 16.1 Å². The zero-order valence-electron chi connectivity index (χ0n) is 12.8. The van der Waals surface area contributed by atoms with E-state index in [4.69, 9.17) is 4.74 Å². The highest BCUT2D eigenvalue weighted by Crippen LogP contribution is 2.52. The summed E-state index contributed by atoms with van der Waals surface area (Å²) in [7, 11) is 1.77. The van der Waals surface area contributed by atoms with Gasteiger partial charge in [0.25, 0.3) is 0 Å². The average Bonchev–Trinajstić information content (AvgIpc) is 2.94. The Labute approximate surface area is 120 Å². The van der Waals surface area contributed by atoms with Crippen LogP contribution in [0, 0.1) is 11.3 Å². The van der Waals surface area contributed by atoms with Crippen LogP contribution in [0.15, 0.2) is 18.7 Å². The Kier molecular flexibility index (Phi) is 4.48. The Balaban J connectivity index is 2.02. The first-order chi connectivity index (χ1) is 9.58. The molecule has 1 N–H and O–H groups in total. The molecule has 3 atom stereocenters. The lowest BCUT2D eigenvalue weighted by molar-refractivity contribution is -0.172. The van der Waals surface area contributed by atoms with Crippen molar-refractivity contribution in [3.8, 4) is 0 Å². The van der Waals surface area contributed by atoms with Crippen LogP contribution < -0.4 is 5.32 Å². The molecule has 0 unspecified atom stereocenters. The van der Waals surface area contributed by atoms with Gasteiger partial charge in [0.05, 0.1) is 12.4 Å². The van der Waals surface area contributed by atoms with E-state index in [1.807, 2.05) is 0 Å². The molecule has 0 aromatic carbocycles. The fraction of sp³-hybridized carbons (Fsp3) is 0.733. The summed E-state index contributed by atoms with van der Waals surface area (Å²) < 4.78 is 7.43. The maximum Gasteiger partial charge on any atom is 0.240 e. The Morgan fingerprint density at radius 2 is 2.15 bits per heavy atom. The molecule has 5 heteroatoms. The lowest BCUT2D eigenvalue weighted by Crippen LogP contribution is -2.70. The van der Waals surface area contributed by atoms with E-state index in [9.17, 15) is 4.79 Å². The minimum atomic E-state index is 0.0423. The number of hydrogen-bond donors (Lipinski definition) is 1. The van der Waals surface area contributed by atoms with Gasteiger partial charge in [0, 0.05) is 36.9 Å². The summed E-state index contributed by atoms with van der Waals surface area (Å²) in [4.78, 5) is 16.1. The molecule has 1 fully saturated rings. The molecule has 1 saturated carbocycles. The first kappa shape index (κ1) is 15.0. The normalized spacial score (nSPS) is 27.9. The van der Waals surface area contributed by atoms with Crippen LogP contribution >= 0.6 is 0 Å². The third-order valence-corrected chi connectivity index (χ3v) is 4.96. The molecule has 0 aliphatic heterocycles. The highest BCUT2D eigenvalue weighted by atomic mass is 16.5. The number of amides is 1. The van der Waals surface area contributed by atoms with Crippen molar-refractivity contribution in [1.29, 1.82) is 0 Å². The van der Waals surface area contributed by atoms with Crippen molar-refractivity contribution >= 4 is 5.91 Å². The third-order valence-electron chi connectivity index (χ3n) is 4.96. The molecule has 1 aliphatic rings. The van der Waals surface area contributed by atoms with Crippen LogP contribution in [0.5, 0.6) is 0 Å². The Bertz CT molecular complexity index is 440. The quantitative estimate of drug-likeness (QED) is 0.864. The van der Waals surface area contributed by atoms with Gasteiger partial charge >= 0.3 is 0 Å². The molecule has 1 aliphatic carbocycles. The van der Waals surface area contributed by atoms with Crippen molar-refractivity contribution in [3.05, 3.63) is 18.7 Å². The number of aromatic nitrogens is 2. The maximum absolute atomic E-state index is 12.2. The number of imidazole rings is 1. The van der Waals surface area contributed by atoms with E-state index < -0.39 is 0 Å². The van der Waals surface area contributed by atoms with Crippen LogP contribution in [0.3, 0.4) is 0 Å². The molecular formula is C15H25N3O2. The van der Waals surface area contributed by atoms with Crippen molar-refractivity contribution in [1.82, 2.24) is 14.9 Å². The van der Waals surface area contributed by atoms with Crippen LogP contribution in [0.4, 0.5) is 0 Å². The monoisotopic (exact) mass is 279 g/mol. The smallest absolute Gasteiger partial charge is 0.240 e. The van der Waals surface area contributed by atoms with Gasteiger partial charge in [-0.1, -0.05) is 20.8 Å². The van der Waals surface area contributed by atoms with Crippen molar-refractivity contribution in [2.45, 2.75) is 52.3 Å². The Morgan fingerprint density at radius 3 is 2.65 bits per heavy atom. The van der Waals surface area contributed by atoms with Gasteiger partial charge in [-0.15, -0.1) is 0 Å². The Morgan fingerprint density at radius 1 is 1.45 bits per heavy atom. The van der Waals surface area contributed by atoms with E-state index in [0.717, 1.165) is 12.8 Å². The van der Waals surface area contributed by atoms with Gasteiger partial charge in [0.15, 0.2) is 0 Å². The first-order valence-electron chi connectivity index (χ1n) is 7.37. The van der Waals surface area contributed by atoms with E-state index in [0.29, 0.717) is 12.5 Å². The molecule has 112 valence electrons. The molecule has 0 saturated heterocycles. The predicted molar refractivity (Wildman–Crippen MR) is 77.1 cm³/mol. The molecule has 0 spiro atoms.